The number of rotatable bonds is 12. The number of benzene rings is 4. The van der Waals surface area contributed by atoms with Crippen LogP contribution in [0.5, 0.6) is 0 Å². The lowest BCUT2D eigenvalue weighted by molar-refractivity contribution is -0.140. The predicted octanol–water partition coefficient (Wildman–Crippen LogP) is 8.19. The molecule has 1 N–H and O–H groups in total. The minimum Gasteiger partial charge on any atom is -0.352 e. The van der Waals surface area contributed by atoms with Gasteiger partial charge in [-0.1, -0.05) is 114 Å². The highest BCUT2D eigenvalue weighted by Gasteiger charge is 2.36. The van der Waals surface area contributed by atoms with Gasteiger partial charge in [-0.25, -0.2) is 8.42 Å². The SMILES string of the molecule is O=C(NC1CCCC1)[C@H](Cc1ccccc1)N(Cc1ccc(Cl)cc1Cl)C(=O)CN(c1cc(Cl)cc(Cl)c1)S(=O)(=O)c1ccccc1. The molecule has 1 fully saturated rings. The average Bonchev–Trinajstić information content (AvgIpc) is 3.55. The van der Waals surface area contributed by atoms with E-state index in [0.717, 1.165) is 35.6 Å². The van der Waals surface area contributed by atoms with Gasteiger partial charge in [-0.2, -0.15) is 0 Å². The van der Waals surface area contributed by atoms with Crippen LogP contribution in [0, 0.1) is 0 Å². The summed E-state index contributed by atoms with van der Waals surface area (Å²) in [6.45, 7) is -0.735. The molecule has 0 aliphatic heterocycles. The van der Waals surface area contributed by atoms with Crippen LogP contribution in [0.15, 0.2) is 102 Å². The number of amides is 2. The summed E-state index contributed by atoms with van der Waals surface area (Å²) >= 11 is 25.4. The van der Waals surface area contributed by atoms with Gasteiger partial charge in [0.1, 0.15) is 12.6 Å². The smallest absolute Gasteiger partial charge is 0.264 e. The highest BCUT2D eigenvalue weighted by atomic mass is 35.5. The number of carbonyl (C=O) groups is 2. The second-order valence-electron chi connectivity index (χ2n) is 11.4. The molecule has 0 saturated heterocycles. The highest BCUT2D eigenvalue weighted by molar-refractivity contribution is 7.92. The van der Waals surface area contributed by atoms with Crippen molar-refractivity contribution in [1.82, 2.24) is 10.2 Å². The van der Waals surface area contributed by atoms with E-state index in [4.69, 9.17) is 46.4 Å². The topological polar surface area (TPSA) is 86.8 Å². The summed E-state index contributed by atoms with van der Waals surface area (Å²) in [5.41, 5.74) is 1.47. The van der Waals surface area contributed by atoms with E-state index in [2.05, 4.69) is 5.32 Å². The van der Waals surface area contributed by atoms with Gasteiger partial charge in [0.25, 0.3) is 10.0 Å². The third-order valence-corrected chi connectivity index (χ3v) is 10.9. The Morgan fingerprint density at radius 1 is 0.787 bits per heavy atom. The van der Waals surface area contributed by atoms with Crippen LogP contribution in [0.25, 0.3) is 0 Å². The molecule has 0 bridgehead atoms. The van der Waals surface area contributed by atoms with Crippen molar-refractivity contribution in [3.63, 3.8) is 0 Å². The Hall–Kier alpha value is -3.27. The maximum absolute atomic E-state index is 14.6. The van der Waals surface area contributed by atoms with Crippen molar-refractivity contribution in [1.29, 1.82) is 0 Å². The third kappa shape index (κ3) is 9.00. The molecular formula is C35H33Cl4N3O4S. The molecule has 12 heteroatoms. The summed E-state index contributed by atoms with van der Waals surface area (Å²) in [7, 11) is -4.30. The van der Waals surface area contributed by atoms with E-state index in [-0.39, 0.29) is 45.5 Å². The molecular weight excluding hydrogens is 700 g/mol. The lowest BCUT2D eigenvalue weighted by Gasteiger charge is -2.34. The Kier molecular flexibility index (Phi) is 11.7. The van der Waals surface area contributed by atoms with Crippen molar-refractivity contribution in [3.05, 3.63) is 128 Å². The number of nitrogens with one attached hydrogen (secondary N) is 1. The first-order chi connectivity index (χ1) is 22.5. The minimum atomic E-state index is -4.30. The molecule has 47 heavy (non-hydrogen) atoms. The van der Waals surface area contributed by atoms with E-state index in [1.165, 1.54) is 35.2 Å². The molecule has 1 saturated carbocycles. The lowest BCUT2D eigenvalue weighted by Crippen LogP contribution is -2.54. The first kappa shape index (κ1) is 35.0. The first-order valence-electron chi connectivity index (χ1n) is 15.1. The average molecular weight is 734 g/mol. The fourth-order valence-electron chi connectivity index (χ4n) is 5.69. The number of halogens is 4. The molecule has 246 valence electrons. The summed E-state index contributed by atoms with van der Waals surface area (Å²) in [5.74, 6) is -0.962. The van der Waals surface area contributed by atoms with Crippen molar-refractivity contribution in [2.75, 3.05) is 10.8 Å². The molecule has 4 aromatic carbocycles. The quantitative estimate of drug-likeness (QED) is 0.159. The van der Waals surface area contributed by atoms with Crippen LogP contribution in [0.3, 0.4) is 0 Å². The fraction of sp³-hybridized carbons (Fsp3) is 0.257. The predicted molar refractivity (Wildman–Crippen MR) is 189 cm³/mol. The van der Waals surface area contributed by atoms with Gasteiger partial charge in [-0.3, -0.25) is 13.9 Å². The molecule has 1 aliphatic rings. The summed E-state index contributed by atoms with van der Waals surface area (Å²) < 4.78 is 29.3. The zero-order chi connectivity index (χ0) is 33.6. The van der Waals surface area contributed by atoms with Crippen molar-refractivity contribution in [2.24, 2.45) is 0 Å². The van der Waals surface area contributed by atoms with Gasteiger partial charge in [0.15, 0.2) is 0 Å². The number of anilines is 1. The zero-order valence-electron chi connectivity index (χ0n) is 25.3. The number of carbonyl (C=O) groups excluding carboxylic acids is 2. The molecule has 1 aliphatic carbocycles. The van der Waals surface area contributed by atoms with Crippen LogP contribution in [-0.4, -0.2) is 43.8 Å². The maximum Gasteiger partial charge on any atom is 0.264 e. The first-order valence-corrected chi connectivity index (χ1v) is 18.1. The van der Waals surface area contributed by atoms with Crippen LogP contribution in [0.1, 0.15) is 36.8 Å². The number of nitrogens with zero attached hydrogens (tertiary/aromatic N) is 2. The molecule has 0 heterocycles. The monoisotopic (exact) mass is 731 g/mol. The summed E-state index contributed by atoms with van der Waals surface area (Å²) in [6, 6.07) is 25.3. The van der Waals surface area contributed by atoms with E-state index < -0.39 is 28.5 Å². The van der Waals surface area contributed by atoms with Crippen LogP contribution in [0.2, 0.25) is 20.1 Å². The number of hydrogen-bond acceptors (Lipinski definition) is 4. The van der Waals surface area contributed by atoms with E-state index >= 15 is 0 Å². The number of hydrogen-bond donors (Lipinski definition) is 1. The molecule has 0 aromatic heterocycles. The van der Waals surface area contributed by atoms with Crippen molar-refractivity contribution >= 4 is 73.9 Å². The fourth-order valence-corrected chi connectivity index (χ4v) is 8.09. The van der Waals surface area contributed by atoms with E-state index in [1.807, 2.05) is 30.3 Å². The second kappa shape index (κ2) is 15.8. The Morgan fingerprint density at radius 2 is 1.40 bits per heavy atom. The Bertz CT molecular complexity index is 1800. The van der Waals surface area contributed by atoms with E-state index in [9.17, 15) is 18.0 Å². The zero-order valence-corrected chi connectivity index (χ0v) is 29.1. The van der Waals surface area contributed by atoms with Gasteiger partial charge in [-0.05, 0) is 66.4 Å². The van der Waals surface area contributed by atoms with Crippen molar-refractivity contribution in [2.45, 2.75) is 55.6 Å². The van der Waals surface area contributed by atoms with Gasteiger partial charge in [-0.15, -0.1) is 0 Å². The largest absolute Gasteiger partial charge is 0.352 e. The van der Waals surface area contributed by atoms with Crippen LogP contribution < -0.4 is 9.62 Å². The standard InChI is InChI=1S/C35H33Cl4N3O4S/c36-26-16-15-25(32(39)21-26)22-41(33(17-24-9-3-1-4-10-24)35(44)40-29-11-7-8-12-29)34(43)23-42(30-19-27(37)18-28(38)20-30)47(45,46)31-13-5-2-6-14-31/h1-6,9-10,13-16,18-21,29,33H,7-8,11-12,17,22-23H2,(H,40,44)/t33-/m0/s1. The molecule has 0 radical (unpaired) electrons. The van der Waals surface area contributed by atoms with Crippen LogP contribution >= 0.6 is 46.4 Å². The van der Waals surface area contributed by atoms with Gasteiger partial charge in [0.05, 0.1) is 10.6 Å². The molecule has 5 rings (SSSR count). The number of sulfonamides is 1. The van der Waals surface area contributed by atoms with Gasteiger partial charge < -0.3 is 10.2 Å². The summed E-state index contributed by atoms with van der Waals surface area (Å²) in [4.78, 5) is 30.1. The molecule has 0 spiro atoms. The Balaban J connectivity index is 1.60. The van der Waals surface area contributed by atoms with Gasteiger partial charge >= 0.3 is 0 Å². The maximum atomic E-state index is 14.6. The summed E-state index contributed by atoms with van der Waals surface area (Å²) in [5, 5.41) is 4.25. The minimum absolute atomic E-state index is 0.0135. The summed E-state index contributed by atoms with van der Waals surface area (Å²) in [6.07, 6.45) is 3.89. The van der Waals surface area contributed by atoms with Gasteiger partial charge in [0, 0.05) is 39.1 Å². The van der Waals surface area contributed by atoms with Gasteiger partial charge in [0.2, 0.25) is 11.8 Å². The second-order valence-corrected chi connectivity index (χ2v) is 15.0. The molecule has 7 nitrogen and oxygen atoms in total. The van der Waals surface area contributed by atoms with Crippen LogP contribution in [0.4, 0.5) is 5.69 Å². The van der Waals surface area contributed by atoms with Crippen molar-refractivity contribution in [3.8, 4) is 0 Å². The third-order valence-electron chi connectivity index (χ3n) is 8.07. The highest BCUT2D eigenvalue weighted by Crippen LogP contribution is 2.31. The van der Waals surface area contributed by atoms with Crippen molar-refractivity contribution < 1.29 is 18.0 Å². The molecule has 1 atom stereocenters. The Labute approximate surface area is 295 Å². The Morgan fingerprint density at radius 3 is 2.02 bits per heavy atom. The van der Waals surface area contributed by atoms with Crippen LogP contribution in [-0.2, 0) is 32.6 Å². The molecule has 4 aromatic rings. The van der Waals surface area contributed by atoms with E-state index in [1.54, 1.807) is 36.4 Å². The van der Waals surface area contributed by atoms with E-state index in [0.29, 0.717) is 15.6 Å². The molecule has 0 unspecified atom stereocenters. The lowest BCUT2D eigenvalue weighted by atomic mass is 10.0. The normalized spacial score (nSPS) is 14.0. The molecule has 2 amide bonds.